The summed E-state index contributed by atoms with van der Waals surface area (Å²) in [5, 5.41) is 0. The maximum atomic E-state index is 6.00. The molecule has 0 bridgehead atoms. The molecule has 1 aliphatic rings. The Morgan fingerprint density at radius 3 is 2.79 bits per heavy atom. The van der Waals surface area contributed by atoms with Crippen LogP contribution in [0, 0.1) is 6.92 Å². The topological polar surface area (TPSA) is 38.5 Å². The molecule has 0 unspecified atom stereocenters. The van der Waals surface area contributed by atoms with Gasteiger partial charge in [-0.25, -0.2) is 0 Å². The van der Waals surface area contributed by atoms with E-state index in [1.807, 2.05) is 41.3 Å². The van der Waals surface area contributed by atoms with Crippen LogP contribution in [0.5, 0.6) is 11.5 Å². The van der Waals surface area contributed by atoms with Crippen LogP contribution in [0.25, 0.3) is 0 Å². The number of nitrogens with zero attached hydrogens (tertiary/aromatic N) is 1. The van der Waals surface area contributed by atoms with Crippen molar-refractivity contribution in [2.75, 3.05) is 4.90 Å². The number of rotatable bonds is 1. The van der Waals surface area contributed by atoms with Gasteiger partial charge in [0, 0.05) is 5.56 Å². The fraction of sp³-hybridized carbons (Fsp3) is 0.125. The van der Waals surface area contributed by atoms with E-state index in [9.17, 15) is 0 Å². The van der Waals surface area contributed by atoms with Crippen LogP contribution >= 0.6 is 0 Å². The lowest BCUT2D eigenvalue weighted by Crippen LogP contribution is -2.25. The number of ether oxygens (including phenoxy) is 1. The van der Waals surface area contributed by atoms with Gasteiger partial charge < -0.3 is 15.4 Å². The summed E-state index contributed by atoms with van der Waals surface area (Å²) in [6.07, 6.45) is 0. The molecule has 3 nitrogen and oxygen atoms in total. The van der Waals surface area contributed by atoms with Gasteiger partial charge in [-0.05, 0) is 30.7 Å². The smallest absolute Gasteiger partial charge is 0.151 e. The van der Waals surface area contributed by atoms with Crippen molar-refractivity contribution in [1.82, 2.24) is 0 Å². The van der Waals surface area contributed by atoms with Crippen LogP contribution in [0.3, 0.4) is 0 Å². The Morgan fingerprint density at radius 1 is 1.21 bits per heavy atom. The Balaban J connectivity index is 2.18. The van der Waals surface area contributed by atoms with Crippen molar-refractivity contribution in [3.8, 4) is 11.5 Å². The summed E-state index contributed by atoms with van der Waals surface area (Å²) in [7, 11) is 0. The fourth-order valence-corrected chi connectivity index (χ4v) is 2.29. The highest BCUT2D eigenvalue weighted by Gasteiger charge is 2.21. The highest BCUT2D eigenvalue weighted by Crippen LogP contribution is 2.40. The van der Waals surface area contributed by atoms with Gasteiger partial charge in [0.25, 0.3) is 0 Å². The maximum absolute atomic E-state index is 6.00. The molecule has 0 aromatic heterocycles. The van der Waals surface area contributed by atoms with Gasteiger partial charge >= 0.3 is 0 Å². The highest BCUT2D eigenvalue weighted by molar-refractivity contribution is 5.66. The largest absolute Gasteiger partial charge is 0.455 e. The van der Waals surface area contributed by atoms with Crippen molar-refractivity contribution in [2.45, 2.75) is 13.5 Å². The van der Waals surface area contributed by atoms with Gasteiger partial charge in [-0.15, -0.1) is 0 Å². The van der Waals surface area contributed by atoms with Gasteiger partial charge in [0.05, 0.1) is 18.1 Å². The average molecular weight is 252 g/mol. The van der Waals surface area contributed by atoms with Gasteiger partial charge in [-0.3, -0.25) is 0 Å². The Bertz CT molecular complexity index is 649. The molecule has 0 saturated heterocycles. The van der Waals surface area contributed by atoms with E-state index in [2.05, 4.69) is 19.6 Å². The summed E-state index contributed by atoms with van der Waals surface area (Å²) in [4.78, 5) is 1.98. The van der Waals surface area contributed by atoms with Gasteiger partial charge in [-0.1, -0.05) is 30.8 Å². The third-order valence-corrected chi connectivity index (χ3v) is 3.27. The molecule has 2 aromatic carbocycles. The molecule has 3 rings (SSSR count). The van der Waals surface area contributed by atoms with Crippen LogP contribution in [0.1, 0.15) is 11.1 Å². The summed E-state index contributed by atoms with van der Waals surface area (Å²) in [6, 6.07) is 14.1. The molecule has 0 fully saturated rings. The first kappa shape index (κ1) is 11.7. The lowest BCUT2D eigenvalue weighted by Gasteiger charge is -2.23. The van der Waals surface area contributed by atoms with Crippen molar-refractivity contribution >= 4 is 5.69 Å². The Labute approximate surface area is 112 Å². The highest BCUT2D eigenvalue weighted by atomic mass is 16.5. The van der Waals surface area contributed by atoms with Gasteiger partial charge in [-0.2, -0.15) is 0 Å². The number of nitrogens with two attached hydrogens (primary N) is 1. The number of aryl methyl sites for hydroxylation is 1. The van der Waals surface area contributed by atoms with Gasteiger partial charge in [0.1, 0.15) is 5.75 Å². The van der Waals surface area contributed by atoms with Crippen LogP contribution in [-0.4, -0.2) is 0 Å². The van der Waals surface area contributed by atoms with E-state index in [0.29, 0.717) is 12.4 Å². The third-order valence-electron chi connectivity index (χ3n) is 3.27. The monoisotopic (exact) mass is 252 g/mol. The second kappa shape index (κ2) is 4.35. The zero-order chi connectivity index (χ0) is 13.4. The predicted molar refractivity (Wildman–Crippen MR) is 77.2 cm³/mol. The first-order valence-electron chi connectivity index (χ1n) is 6.23. The van der Waals surface area contributed by atoms with Gasteiger partial charge in [0.15, 0.2) is 5.75 Å². The minimum atomic E-state index is 0.521. The predicted octanol–water partition coefficient (Wildman–Crippen LogP) is 3.54. The normalized spacial score (nSPS) is 13.0. The molecule has 0 amide bonds. The van der Waals surface area contributed by atoms with E-state index in [0.717, 1.165) is 22.7 Å². The summed E-state index contributed by atoms with van der Waals surface area (Å²) < 4.78 is 6.00. The summed E-state index contributed by atoms with van der Waals surface area (Å²) in [5.74, 6) is 2.20. The van der Waals surface area contributed by atoms with E-state index >= 15 is 0 Å². The Morgan fingerprint density at radius 2 is 2.00 bits per heavy atom. The van der Waals surface area contributed by atoms with Crippen molar-refractivity contribution < 1.29 is 4.74 Å². The minimum Gasteiger partial charge on any atom is -0.455 e. The quantitative estimate of drug-likeness (QED) is 0.843. The van der Waals surface area contributed by atoms with Crippen LogP contribution < -0.4 is 15.4 Å². The number of fused-ring (bicyclic) bond motifs is 2. The Kier molecular flexibility index (Phi) is 2.67. The zero-order valence-corrected chi connectivity index (χ0v) is 10.9. The maximum Gasteiger partial charge on any atom is 0.151 e. The zero-order valence-electron chi connectivity index (χ0n) is 10.9. The summed E-state index contributed by atoms with van der Waals surface area (Å²) >= 11 is 0. The van der Waals surface area contributed by atoms with E-state index < -0.39 is 0 Å². The van der Waals surface area contributed by atoms with E-state index in [1.54, 1.807) is 0 Å². The van der Waals surface area contributed by atoms with Crippen LogP contribution in [0.15, 0.2) is 54.9 Å². The molecule has 0 saturated carbocycles. The SMILES string of the molecule is C=C(N)N1Cc2ccccc2Oc2ccc(C)cc21. The van der Waals surface area contributed by atoms with Crippen molar-refractivity contribution in [1.29, 1.82) is 0 Å². The molecule has 0 atom stereocenters. The molecule has 0 radical (unpaired) electrons. The average Bonchev–Trinajstić information content (AvgIpc) is 2.55. The number of hydrogen-bond acceptors (Lipinski definition) is 3. The third kappa shape index (κ3) is 2.03. The lowest BCUT2D eigenvalue weighted by molar-refractivity contribution is 0.483. The molecule has 0 aliphatic carbocycles. The van der Waals surface area contributed by atoms with E-state index in [4.69, 9.17) is 10.5 Å². The molecule has 1 heterocycles. The Hall–Kier alpha value is -2.42. The molecule has 2 N–H and O–H groups in total. The number of para-hydroxylation sites is 1. The van der Waals surface area contributed by atoms with Crippen molar-refractivity contribution in [2.24, 2.45) is 5.73 Å². The second-order valence-corrected chi connectivity index (χ2v) is 4.76. The van der Waals surface area contributed by atoms with Crippen molar-refractivity contribution in [3.05, 3.63) is 66.0 Å². The number of hydrogen-bond donors (Lipinski definition) is 1. The number of benzene rings is 2. The lowest BCUT2D eigenvalue weighted by atomic mass is 10.1. The minimum absolute atomic E-state index is 0.521. The molecule has 0 spiro atoms. The van der Waals surface area contributed by atoms with Crippen LogP contribution in [0.2, 0.25) is 0 Å². The molecule has 2 aromatic rings. The molecule has 3 heteroatoms. The van der Waals surface area contributed by atoms with Crippen LogP contribution in [0.4, 0.5) is 5.69 Å². The summed E-state index contributed by atoms with van der Waals surface area (Å²) in [6.45, 7) is 6.59. The summed E-state index contributed by atoms with van der Waals surface area (Å²) in [5.41, 5.74) is 9.16. The van der Waals surface area contributed by atoms with Crippen molar-refractivity contribution in [3.63, 3.8) is 0 Å². The molecular formula is C16H16N2O. The fourth-order valence-electron chi connectivity index (χ4n) is 2.29. The van der Waals surface area contributed by atoms with Crippen LogP contribution in [-0.2, 0) is 6.54 Å². The molecule has 96 valence electrons. The number of anilines is 1. The first-order valence-corrected chi connectivity index (χ1v) is 6.23. The standard InChI is InChI=1S/C16H16N2O/c1-11-7-8-16-14(9-11)18(12(2)17)10-13-5-3-4-6-15(13)19-16/h3-9H,2,10,17H2,1H3. The molecule has 19 heavy (non-hydrogen) atoms. The van der Waals surface area contributed by atoms with E-state index in [-0.39, 0.29) is 0 Å². The molecule has 1 aliphatic heterocycles. The molecular weight excluding hydrogens is 236 g/mol. The van der Waals surface area contributed by atoms with Gasteiger partial charge in [0.2, 0.25) is 0 Å². The first-order chi connectivity index (χ1) is 9.15. The van der Waals surface area contributed by atoms with E-state index in [1.165, 1.54) is 5.56 Å². The second-order valence-electron chi connectivity index (χ2n) is 4.76.